The Morgan fingerprint density at radius 1 is 0.375 bits per heavy atom. The van der Waals surface area contributed by atoms with Crippen molar-refractivity contribution in [2.45, 2.75) is 0 Å². The zero-order chi connectivity index (χ0) is 36.7. The molecule has 0 N–H and O–H groups in total. The van der Waals surface area contributed by atoms with Crippen molar-refractivity contribution in [3.63, 3.8) is 0 Å². The highest BCUT2D eigenvalue weighted by Crippen LogP contribution is 2.42. The van der Waals surface area contributed by atoms with Crippen LogP contribution in [0.5, 0.6) is 0 Å². The number of fused-ring (bicyclic) bond motifs is 9. The monoisotopic (exact) mass is 717 g/mol. The summed E-state index contributed by atoms with van der Waals surface area (Å²) >= 11 is 0. The Hall–Kier alpha value is -7.70. The molecule has 12 rings (SSSR count). The van der Waals surface area contributed by atoms with Crippen LogP contribution >= 0.6 is 0 Å². The van der Waals surface area contributed by atoms with Crippen LogP contribution in [-0.2, 0) is 0 Å². The van der Waals surface area contributed by atoms with E-state index < -0.39 is 0 Å². The Morgan fingerprint density at radius 2 is 0.946 bits per heavy atom. The van der Waals surface area contributed by atoms with Crippen LogP contribution in [0.1, 0.15) is 0 Å². The summed E-state index contributed by atoms with van der Waals surface area (Å²) in [5, 5.41) is 16.4. The zero-order valence-electron chi connectivity index (χ0n) is 30.0. The molecule has 0 unspecified atom stereocenters. The number of nitrogens with zero attached hydrogens (tertiary/aromatic N) is 5. The van der Waals surface area contributed by atoms with Crippen LogP contribution in [0, 0.1) is 0 Å². The quantitative estimate of drug-likeness (QED) is 0.178. The molecule has 0 aliphatic carbocycles. The van der Waals surface area contributed by atoms with E-state index in [0.29, 0.717) is 0 Å². The first-order valence-corrected chi connectivity index (χ1v) is 18.8. The van der Waals surface area contributed by atoms with Crippen molar-refractivity contribution >= 4 is 65.6 Å². The van der Waals surface area contributed by atoms with Gasteiger partial charge in [-0.1, -0.05) is 133 Å². The Labute approximate surface area is 320 Å². The van der Waals surface area contributed by atoms with Crippen molar-refractivity contribution in [3.05, 3.63) is 188 Å². The molecular formula is C50H31N5O. The fourth-order valence-corrected chi connectivity index (χ4v) is 8.75. The smallest absolute Gasteiger partial charge is 0.136 e. The maximum atomic E-state index is 6.39. The Bertz CT molecular complexity index is 3420. The molecule has 6 nitrogen and oxygen atoms in total. The highest BCUT2D eigenvalue weighted by Gasteiger charge is 2.23. The number of hydrogen-bond donors (Lipinski definition) is 0. The fraction of sp³-hybridized carbons (Fsp3) is 0. The molecule has 0 fully saturated rings. The highest BCUT2D eigenvalue weighted by molar-refractivity contribution is 6.17. The van der Waals surface area contributed by atoms with Gasteiger partial charge in [-0.2, -0.15) is 0 Å². The Morgan fingerprint density at radius 3 is 1.68 bits per heavy atom. The van der Waals surface area contributed by atoms with Crippen LogP contribution in [-0.4, -0.2) is 24.1 Å². The lowest BCUT2D eigenvalue weighted by molar-refractivity contribution is 0.669. The third kappa shape index (κ3) is 4.44. The summed E-state index contributed by atoms with van der Waals surface area (Å²) in [6, 6.07) is 66.3. The van der Waals surface area contributed by atoms with Gasteiger partial charge in [0.25, 0.3) is 0 Å². The topological polar surface area (TPSA) is 53.7 Å². The minimum absolute atomic E-state index is 0.834. The van der Waals surface area contributed by atoms with Gasteiger partial charge in [-0.05, 0) is 60.7 Å². The van der Waals surface area contributed by atoms with E-state index in [1.807, 2.05) is 53.2 Å². The van der Waals surface area contributed by atoms with Crippen molar-refractivity contribution in [1.82, 2.24) is 24.1 Å². The van der Waals surface area contributed by atoms with Crippen molar-refractivity contribution < 1.29 is 4.42 Å². The molecule has 56 heavy (non-hydrogen) atoms. The predicted octanol–water partition coefficient (Wildman–Crippen LogP) is 12.7. The summed E-state index contributed by atoms with van der Waals surface area (Å²) in [5.74, 6) is 0. The summed E-state index contributed by atoms with van der Waals surface area (Å²) in [6.45, 7) is 0. The van der Waals surface area contributed by atoms with Gasteiger partial charge in [0.05, 0.1) is 39.1 Å². The largest absolute Gasteiger partial charge is 0.456 e. The van der Waals surface area contributed by atoms with Gasteiger partial charge in [-0.3, -0.25) is 0 Å². The fourth-order valence-electron chi connectivity index (χ4n) is 8.75. The second kappa shape index (κ2) is 11.9. The van der Waals surface area contributed by atoms with Crippen molar-refractivity contribution in [3.8, 4) is 39.6 Å². The molecule has 0 spiro atoms. The van der Waals surface area contributed by atoms with Gasteiger partial charge in [0.1, 0.15) is 22.6 Å². The van der Waals surface area contributed by atoms with E-state index in [9.17, 15) is 0 Å². The molecule has 0 aliphatic rings. The number of furan rings is 1. The molecule has 0 amide bonds. The summed E-state index contributed by atoms with van der Waals surface area (Å²) in [4.78, 5) is 0. The van der Waals surface area contributed by atoms with Gasteiger partial charge in [0, 0.05) is 43.4 Å². The molecule has 0 saturated carbocycles. The maximum Gasteiger partial charge on any atom is 0.136 e. The first-order chi connectivity index (χ1) is 27.8. The molecule has 0 atom stereocenters. The molecule has 0 aliphatic heterocycles. The normalized spacial score (nSPS) is 11.9. The molecule has 262 valence electrons. The van der Waals surface area contributed by atoms with Gasteiger partial charge in [0.2, 0.25) is 0 Å². The molecule has 6 heteroatoms. The summed E-state index contributed by atoms with van der Waals surface area (Å²) in [7, 11) is 0. The number of para-hydroxylation sites is 6. The zero-order valence-corrected chi connectivity index (χ0v) is 30.0. The summed E-state index contributed by atoms with van der Waals surface area (Å²) in [6.07, 6.45) is 0. The average molecular weight is 718 g/mol. The van der Waals surface area contributed by atoms with Gasteiger partial charge >= 0.3 is 0 Å². The standard InChI is InChI=1S/C50H31N5O/c1-3-15-32(16-4-1)49-50(55(52-51-49)34-17-5-2-6-18-34)33-27-28-37-35-19-7-10-22-41(35)53(45(37)29-33)43-24-12-13-25-44(43)54-42-23-11-8-20-36(42)39-31-48-40(30-46(39)54)38-21-9-14-26-47(38)56-48/h1-31H. The molecule has 8 aromatic carbocycles. The van der Waals surface area contributed by atoms with Crippen LogP contribution in [0.2, 0.25) is 0 Å². The van der Waals surface area contributed by atoms with Crippen LogP contribution in [0.25, 0.3) is 105 Å². The lowest BCUT2D eigenvalue weighted by Crippen LogP contribution is -2.03. The summed E-state index contributed by atoms with van der Waals surface area (Å²) in [5.41, 5.74) is 13.2. The minimum atomic E-state index is 0.834. The molecule has 4 aromatic heterocycles. The van der Waals surface area contributed by atoms with E-state index in [-0.39, 0.29) is 0 Å². The molecule has 0 radical (unpaired) electrons. The highest BCUT2D eigenvalue weighted by atomic mass is 16.3. The second-order valence-electron chi connectivity index (χ2n) is 14.3. The van der Waals surface area contributed by atoms with Crippen molar-refractivity contribution in [1.29, 1.82) is 0 Å². The molecule has 0 bridgehead atoms. The predicted molar refractivity (Wildman–Crippen MR) is 228 cm³/mol. The van der Waals surface area contributed by atoms with Gasteiger partial charge < -0.3 is 13.6 Å². The molecule has 4 heterocycles. The van der Waals surface area contributed by atoms with Crippen molar-refractivity contribution in [2.24, 2.45) is 0 Å². The third-order valence-electron chi connectivity index (χ3n) is 11.2. The van der Waals surface area contributed by atoms with Crippen LogP contribution in [0.4, 0.5) is 0 Å². The van der Waals surface area contributed by atoms with Crippen LogP contribution in [0.3, 0.4) is 0 Å². The van der Waals surface area contributed by atoms with Gasteiger partial charge in [0.15, 0.2) is 0 Å². The third-order valence-corrected chi connectivity index (χ3v) is 11.2. The van der Waals surface area contributed by atoms with Crippen LogP contribution < -0.4 is 0 Å². The van der Waals surface area contributed by atoms with E-state index in [0.717, 1.165) is 89.0 Å². The SMILES string of the molecule is c1ccc(-c2nnn(-c3ccccc3)c2-c2ccc3c4ccccc4n(-c4ccccc4-n4c5ccccc5c5cc6oc7ccccc7c6cc54)c3c2)cc1. The summed E-state index contributed by atoms with van der Waals surface area (Å²) < 4.78 is 13.2. The number of aromatic nitrogens is 5. The number of hydrogen-bond acceptors (Lipinski definition) is 3. The lowest BCUT2D eigenvalue weighted by Gasteiger charge is -2.17. The Balaban J connectivity index is 1.15. The van der Waals surface area contributed by atoms with Gasteiger partial charge in [-0.15, -0.1) is 5.10 Å². The first kappa shape index (κ1) is 30.7. The second-order valence-corrected chi connectivity index (χ2v) is 14.3. The maximum absolute atomic E-state index is 6.39. The molecular weight excluding hydrogens is 687 g/mol. The Kier molecular flexibility index (Phi) is 6.53. The van der Waals surface area contributed by atoms with E-state index in [1.165, 1.54) is 16.2 Å². The number of benzene rings is 8. The molecule has 12 aromatic rings. The van der Waals surface area contributed by atoms with Crippen molar-refractivity contribution in [2.75, 3.05) is 0 Å². The van der Waals surface area contributed by atoms with E-state index in [4.69, 9.17) is 14.7 Å². The van der Waals surface area contributed by atoms with Crippen LogP contribution in [0.15, 0.2) is 192 Å². The number of rotatable bonds is 5. The van der Waals surface area contributed by atoms with E-state index in [1.54, 1.807) is 0 Å². The van der Waals surface area contributed by atoms with E-state index >= 15 is 0 Å². The van der Waals surface area contributed by atoms with Gasteiger partial charge in [-0.25, -0.2) is 4.68 Å². The van der Waals surface area contributed by atoms with E-state index in [2.05, 4.69) is 149 Å². The first-order valence-electron chi connectivity index (χ1n) is 18.8. The minimum Gasteiger partial charge on any atom is -0.456 e. The lowest BCUT2D eigenvalue weighted by atomic mass is 10.0. The average Bonchev–Trinajstić information content (AvgIpc) is 4.03. The molecule has 0 saturated heterocycles.